The van der Waals surface area contributed by atoms with E-state index in [2.05, 4.69) is 90.3 Å². The third kappa shape index (κ3) is 9.44. The summed E-state index contributed by atoms with van der Waals surface area (Å²) < 4.78 is 6.06. The Bertz CT molecular complexity index is 5110. The van der Waals surface area contributed by atoms with Crippen LogP contribution in [-0.2, 0) is 0 Å². The van der Waals surface area contributed by atoms with Gasteiger partial charge in [-0.2, -0.15) is 15.3 Å². The van der Waals surface area contributed by atoms with Crippen molar-refractivity contribution in [2.24, 2.45) is 0 Å². The highest BCUT2D eigenvalue weighted by atomic mass is 16.1. The third-order valence-corrected chi connectivity index (χ3v) is 17.0. The van der Waals surface area contributed by atoms with Crippen LogP contribution in [0.25, 0.3) is 115 Å². The summed E-state index contributed by atoms with van der Waals surface area (Å²) in [5.74, 6) is 0. The van der Waals surface area contributed by atoms with Gasteiger partial charge in [0.25, 0.3) is 0 Å². The molecule has 0 aliphatic carbocycles. The van der Waals surface area contributed by atoms with Crippen molar-refractivity contribution in [1.82, 2.24) is 73.4 Å². The number of hydrogen-bond acceptors (Lipinski definition) is 15. The molecular formula is C64H66N18O3. The number of aromatic amines is 3. The van der Waals surface area contributed by atoms with Gasteiger partial charge in [-0.3, -0.25) is 42.9 Å². The van der Waals surface area contributed by atoms with Crippen molar-refractivity contribution in [1.29, 1.82) is 0 Å². The van der Waals surface area contributed by atoms with Crippen molar-refractivity contribution < 1.29 is 0 Å². The van der Waals surface area contributed by atoms with E-state index in [-0.39, 0.29) is 16.3 Å². The summed E-state index contributed by atoms with van der Waals surface area (Å²) in [6.07, 6.45) is 19.0. The van der Waals surface area contributed by atoms with Gasteiger partial charge in [-0.1, -0.05) is 6.42 Å². The first-order valence-corrected chi connectivity index (χ1v) is 29.4. The van der Waals surface area contributed by atoms with E-state index in [4.69, 9.17) is 0 Å². The molecule has 0 saturated carbocycles. The summed E-state index contributed by atoms with van der Waals surface area (Å²) in [7, 11) is 8.22. The van der Waals surface area contributed by atoms with Gasteiger partial charge < -0.3 is 30.7 Å². The maximum Gasteiger partial charge on any atom is 0.200 e. The van der Waals surface area contributed by atoms with Crippen molar-refractivity contribution in [2.75, 3.05) is 96.5 Å². The number of pyridine rings is 3. The van der Waals surface area contributed by atoms with E-state index in [1.165, 1.54) is 45.3 Å². The molecule has 15 aromatic rings. The number of piperidine rings is 1. The zero-order chi connectivity index (χ0) is 57.9. The number of rotatable bonds is 16. The molecule has 0 amide bonds. The third-order valence-electron chi connectivity index (χ3n) is 17.0. The summed E-state index contributed by atoms with van der Waals surface area (Å²) >= 11 is 0. The lowest BCUT2D eigenvalue weighted by atomic mass is 10.0. The van der Waals surface area contributed by atoms with E-state index < -0.39 is 0 Å². The van der Waals surface area contributed by atoms with Gasteiger partial charge in [-0.15, -0.1) is 0 Å². The Morgan fingerprint density at radius 2 is 0.824 bits per heavy atom. The molecule has 6 N–H and O–H groups in total. The monoisotopic (exact) mass is 1130 g/mol. The predicted molar refractivity (Wildman–Crippen MR) is 343 cm³/mol. The summed E-state index contributed by atoms with van der Waals surface area (Å²) in [5.41, 5.74) is 13.0. The maximum atomic E-state index is 13.7. The van der Waals surface area contributed by atoms with E-state index in [9.17, 15) is 14.4 Å². The molecule has 1 saturated heterocycles. The molecule has 1 fully saturated rings. The number of H-pyrrole nitrogens is 3. The van der Waals surface area contributed by atoms with Gasteiger partial charge in [0, 0.05) is 59.4 Å². The van der Waals surface area contributed by atoms with Gasteiger partial charge in [-0.25, -0.2) is 15.0 Å². The van der Waals surface area contributed by atoms with Gasteiger partial charge in [0.05, 0.1) is 117 Å². The molecule has 9 aromatic heterocycles. The van der Waals surface area contributed by atoms with Crippen LogP contribution in [0.2, 0.25) is 0 Å². The Hall–Kier alpha value is -9.57. The molecule has 0 bridgehead atoms. The number of hydrogen-bond donors (Lipinski definition) is 6. The number of unbranched alkanes of at least 4 members (excludes halogenated alkanes) is 2. The lowest BCUT2D eigenvalue weighted by Crippen LogP contribution is -2.30. The fourth-order valence-electron chi connectivity index (χ4n) is 12.8. The van der Waals surface area contributed by atoms with Crippen molar-refractivity contribution in [3.8, 4) is 0 Å². The molecule has 1 aliphatic heterocycles. The average molecular weight is 1140 g/mol. The topological polar surface area (TPSA) is 235 Å². The van der Waals surface area contributed by atoms with Crippen LogP contribution < -0.4 is 32.2 Å². The summed E-state index contributed by atoms with van der Waals surface area (Å²) in [5, 5.41) is 38.4. The van der Waals surface area contributed by atoms with E-state index in [1.807, 2.05) is 106 Å². The van der Waals surface area contributed by atoms with Crippen molar-refractivity contribution in [3.63, 3.8) is 0 Å². The summed E-state index contributed by atoms with van der Waals surface area (Å²) in [6, 6.07) is 23.6. The SMILES string of the molecule is CN(C)CCCCNc1ccc2ncn3c4ccc5[nH]ncc5c4c(=O)c1c23.CN(C)CCNc1ccc2ncn3c4ccc5[nH]ncc5c4c(=O)c1c23.O=c1c2c(NCCCCN3CCCCC3)ccc3ncn(c4ccc5[nH]ncc5c14)c32. The Morgan fingerprint density at radius 3 is 1.22 bits per heavy atom. The predicted octanol–water partition coefficient (Wildman–Crippen LogP) is 9.35. The van der Waals surface area contributed by atoms with Crippen molar-refractivity contribution in [3.05, 3.63) is 141 Å². The van der Waals surface area contributed by atoms with E-state index in [0.717, 1.165) is 151 Å². The Morgan fingerprint density at radius 1 is 0.435 bits per heavy atom. The molecule has 85 heavy (non-hydrogen) atoms. The highest BCUT2D eigenvalue weighted by molar-refractivity contribution is 6.16. The minimum Gasteiger partial charge on any atom is -0.384 e. The van der Waals surface area contributed by atoms with Crippen LogP contribution in [0.3, 0.4) is 0 Å². The van der Waals surface area contributed by atoms with Crippen LogP contribution in [-0.4, -0.2) is 154 Å². The number of likely N-dealkylation sites (N-methyl/N-ethyl adjacent to an activating group) is 1. The van der Waals surface area contributed by atoms with Crippen LogP contribution in [0.15, 0.2) is 125 Å². The summed E-state index contributed by atoms with van der Waals surface area (Å²) in [4.78, 5) is 61.2. The Kier molecular flexibility index (Phi) is 14.0. The number of imidazole rings is 3. The second kappa shape index (κ2) is 22.2. The quantitative estimate of drug-likeness (QED) is 0.0391. The number of fused-ring (bicyclic) bond motifs is 12. The standard InChI is InChI=1S/C24H26N6O.C21H22N6O.C19H18N6O/c31-24-21-16-14-27-28-17(16)8-9-20(21)30-15-26-19-7-6-18(22(24)23(19)30)25-10-2-5-13-29-11-3-1-4-12-29;1-26(2)10-4-3-9-22-15-5-6-16-20-19(15)21(28)18-13-11-24-25-14(13)7-8-17(18)27(20)12-23-16;1-24(2)8-7-20-13-3-4-14-18-17(13)19(26)16-11-9-22-23-12(11)5-6-15(16)25(18)10-21-14/h6-9,14-15,25H,1-5,10-13H2,(H,27,28);5-8,11-12,22H,3-4,9-10H2,1-2H3,(H,24,25);3-6,9-10,20H,7-8H2,1-2H3,(H,22,23). The zero-order valence-corrected chi connectivity index (χ0v) is 48.1. The second-order valence-corrected chi connectivity index (χ2v) is 23.0. The number of nitrogens with one attached hydrogen (secondary N) is 6. The lowest BCUT2D eigenvalue weighted by molar-refractivity contribution is 0.225. The second-order valence-electron chi connectivity index (χ2n) is 23.0. The normalized spacial score (nSPS) is 13.5. The van der Waals surface area contributed by atoms with Crippen LogP contribution >= 0.6 is 0 Å². The minimum absolute atomic E-state index is 0.0120. The Balaban J connectivity index is 0.000000113. The van der Waals surface area contributed by atoms with Crippen LogP contribution in [0.4, 0.5) is 17.1 Å². The highest BCUT2D eigenvalue weighted by Crippen LogP contribution is 2.34. The maximum absolute atomic E-state index is 13.7. The highest BCUT2D eigenvalue weighted by Gasteiger charge is 2.22. The molecule has 0 spiro atoms. The molecule has 21 heteroatoms. The molecule has 0 radical (unpaired) electrons. The zero-order valence-electron chi connectivity index (χ0n) is 48.1. The molecule has 0 atom stereocenters. The van der Waals surface area contributed by atoms with Gasteiger partial charge in [0.1, 0.15) is 19.0 Å². The molecule has 6 aromatic carbocycles. The number of anilines is 3. The molecule has 10 heterocycles. The van der Waals surface area contributed by atoms with Crippen LogP contribution in [0.1, 0.15) is 44.9 Å². The van der Waals surface area contributed by atoms with Crippen LogP contribution in [0.5, 0.6) is 0 Å². The fourth-order valence-corrected chi connectivity index (χ4v) is 12.8. The van der Waals surface area contributed by atoms with Gasteiger partial charge >= 0.3 is 0 Å². The molecular weight excluding hydrogens is 1070 g/mol. The number of benzene rings is 6. The van der Waals surface area contributed by atoms with Crippen molar-refractivity contribution >= 4 is 132 Å². The van der Waals surface area contributed by atoms with Crippen LogP contribution in [0, 0.1) is 0 Å². The fraction of sp³-hybridized carbons (Fsp3) is 0.297. The summed E-state index contributed by atoms with van der Waals surface area (Å²) in [6.45, 7) is 8.05. The largest absolute Gasteiger partial charge is 0.384 e. The minimum atomic E-state index is 0.0120. The first kappa shape index (κ1) is 53.4. The van der Waals surface area contributed by atoms with E-state index in [1.54, 1.807) is 31.2 Å². The van der Waals surface area contributed by atoms with Crippen molar-refractivity contribution in [2.45, 2.75) is 44.9 Å². The molecule has 21 nitrogen and oxygen atoms in total. The van der Waals surface area contributed by atoms with Gasteiger partial charge in [0.2, 0.25) is 0 Å². The van der Waals surface area contributed by atoms with Gasteiger partial charge in [0.15, 0.2) is 16.3 Å². The number of aromatic nitrogens is 12. The van der Waals surface area contributed by atoms with E-state index >= 15 is 0 Å². The Labute approximate surface area is 485 Å². The number of nitrogens with zero attached hydrogens (tertiary/aromatic N) is 12. The van der Waals surface area contributed by atoms with Gasteiger partial charge in [-0.05, 0) is 166 Å². The lowest BCUT2D eigenvalue weighted by Gasteiger charge is -2.26. The number of likely N-dealkylation sites (tertiary alicyclic amines) is 1. The molecule has 0 unspecified atom stereocenters. The first-order chi connectivity index (χ1) is 41.6. The van der Waals surface area contributed by atoms with E-state index in [0.29, 0.717) is 32.3 Å². The molecule has 430 valence electrons. The average Bonchev–Trinajstić information content (AvgIpc) is 1.89. The smallest absolute Gasteiger partial charge is 0.200 e. The molecule has 1 aliphatic rings. The first-order valence-electron chi connectivity index (χ1n) is 29.4. The molecule has 16 rings (SSSR count).